The molecule has 0 radical (unpaired) electrons. The van der Waals surface area contributed by atoms with Gasteiger partial charge in [0.25, 0.3) is 0 Å². The highest BCUT2D eigenvalue weighted by Crippen LogP contribution is 2.33. The van der Waals surface area contributed by atoms with Crippen molar-refractivity contribution in [2.75, 3.05) is 0 Å². The van der Waals surface area contributed by atoms with E-state index >= 15 is 0 Å². The van der Waals surface area contributed by atoms with Crippen LogP contribution in [0.1, 0.15) is 64.7 Å². The van der Waals surface area contributed by atoms with Crippen LogP contribution < -0.4 is 0 Å². The molecule has 0 heterocycles. The first kappa shape index (κ1) is 16.4. The van der Waals surface area contributed by atoms with Crippen LogP contribution in [-0.2, 0) is 9.53 Å². The molecule has 2 fully saturated rings. The molecular formula is C17H28FNO2. The van der Waals surface area contributed by atoms with Gasteiger partial charge in [-0.25, -0.2) is 4.39 Å². The predicted octanol–water partition coefficient (Wildman–Crippen LogP) is 4.10. The SMILES string of the molecule is C=NC1CCC(OC(=O)C2CCC(CCC)CC2)C(F)C1. The molecule has 120 valence electrons. The maximum atomic E-state index is 14.0. The second-order valence-corrected chi connectivity index (χ2v) is 6.65. The molecule has 3 atom stereocenters. The summed E-state index contributed by atoms with van der Waals surface area (Å²) in [6.45, 7) is 5.68. The molecule has 21 heavy (non-hydrogen) atoms. The largest absolute Gasteiger partial charge is 0.459 e. The van der Waals surface area contributed by atoms with Crippen LogP contribution in [0.15, 0.2) is 4.99 Å². The Balaban J connectivity index is 1.76. The summed E-state index contributed by atoms with van der Waals surface area (Å²) in [5, 5.41) is 0. The first-order chi connectivity index (χ1) is 10.1. The molecule has 0 aromatic heterocycles. The minimum Gasteiger partial charge on any atom is -0.459 e. The number of hydrogen-bond donors (Lipinski definition) is 0. The van der Waals surface area contributed by atoms with Gasteiger partial charge in [-0.2, -0.15) is 0 Å². The van der Waals surface area contributed by atoms with E-state index < -0.39 is 12.3 Å². The molecular weight excluding hydrogens is 269 g/mol. The van der Waals surface area contributed by atoms with Crippen LogP contribution in [0, 0.1) is 11.8 Å². The van der Waals surface area contributed by atoms with Crippen LogP contribution in [0.25, 0.3) is 0 Å². The van der Waals surface area contributed by atoms with E-state index in [2.05, 4.69) is 18.6 Å². The lowest BCUT2D eigenvalue weighted by Gasteiger charge is -2.32. The number of aliphatic imine (C=N–C) groups is 1. The highest BCUT2D eigenvalue weighted by Gasteiger charge is 2.35. The first-order valence-corrected chi connectivity index (χ1v) is 8.44. The summed E-state index contributed by atoms with van der Waals surface area (Å²) in [6.07, 6.45) is 6.53. The summed E-state index contributed by atoms with van der Waals surface area (Å²) in [7, 11) is 0. The molecule has 0 spiro atoms. The molecule has 3 nitrogen and oxygen atoms in total. The molecule has 3 unspecified atom stereocenters. The molecule has 0 amide bonds. The fourth-order valence-electron chi connectivity index (χ4n) is 3.71. The average Bonchev–Trinajstić information content (AvgIpc) is 2.50. The van der Waals surface area contributed by atoms with Crippen LogP contribution >= 0.6 is 0 Å². The van der Waals surface area contributed by atoms with Gasteiger partial charge in [0.15, 0.2) is 0 Å². The van der Waals surface area contributed by atoms with E-state index in [9.17, 15) is 9.18 Å². The summed E-state index contributed by atoms with van der Waals surface area (Å²) in [4.78, 5) is 16.1. The topological polar surface area (TPSA) is 38.7 Å². The first-order valence-electron chi connectivity index (χ1n) is 8.44. The van der Waals surface area contributed by atoms with Gasteiger partial charge in [-0.1, -0.05) is 19.8 Å². The number of alkyl halides is 1. The van der Waals surface area contributed by atoms with Gasteiger partial charge in [0, 0.05) is 6.42 Å². The van der Waals surface area contributed by atoms with Gasteiger partial charge >= 0.3 is 5.97 Å². The van der Waals surface area contributed by atoms with E-state index in [-0.39, 0.29) is 17.9 Å². The van der Waals surface area contributed by atoms with Gasteiger partial charge < -0.3 is 4.74 Å². The Morgan fingerprint density at radius 2 is 1.95 bits per heavy atom. The van der Waals surface area contributed by atoms with E-state index in [0.29, 0.717) is 12.8 Å². The van der Waals surface area contributed by atoms with Crippen molar-refractivity contribution >= 4 is 12.7 Å². The van der Waals surface area contributed by atoms with Gasteiger partial charge in [0.1, 0.15) is 12.3 Å². The Bertz CT molecular complexity index is 353. The van der Waals surface area contributed by atoms with Crippen molar-refractivity contribution in [3.8, 4) is 0 Å². The number of ether oxygens (including phenoxy) is 1. The van der Waals surface area contributed by atoms with E-state index in [4.69, 9.17) is 4.74 Å². The van der Waals surface area contributed by atoms with Gasteiger partial charge in [-0.15, -0.1) is 0 Å². The minimum atomic E-state index is -1.09. The summed E-state index contributed by atoms with van der Waals surface area (Å²) >= 11 is 0. The van der Waals surface area contributed by atoms with Crippen molar-refractivity contribution in [2.24, 2.45) is 16.8 Å². The number of rotatable bonds is 5. The maximum absolute atomic E-state index is 14.0. The van der Waals surface area contributed by atoms with Crippen LogP contribution in [-0.4, -0.2) is 31.0 Å². The van der Waals surface area contributed by atoms with Gasteiger partial charge in [-0.05, 0) is 51.2 Å². The molecule has 2 rings (SSSR count). The van der Waals surface area contributed by atoms with Gasteiger partial charge in [0.05, 0.1) is 12.0 Å². The van der Waals surface area contributed by atoms with Crippen LogP contribution in [0.2, 0.25) is 0 Å². The summed E-state index contributed by atoms with van der Waals surface area (Å²) in [5.74, 6) is 0.574. The third kappa shape index (κ3) is 4.52. The Labute approximate surface area is 127 Å². The second kappa shape index (κ2) is 7.90. The van der Waals surface area contributed by atoms with Crippen molar-refractivity contribution < 1.29 is 13.9 Å². The number of hydrogen-bond acceptors (Lipinski definition) is 3. The highest BCUT2D eigenvalue weighted by atomic mass is 19.1. The lowest BCUT2D eigenvalue weighted by atomic mass is 9.80. The molecule has 0 aromatic rings. The molecule has 2 aliphatic rings. The Morgan fingerprint density at radius 1 is 1.24 bits per heavy atom. The minimum absolute atomic E-state index is 0.0134. The van der Waals surface area contributed by atoms with Crippen molar-refractivity contribution in [2.45, 2.75) is 83.0 Å². The molecule has 0 aliphatic heterocycles. The maximum Gasteiger partial charge on any atom is 0.309 e. The van der Waals surface area contributed by atoms with Crippen molar-refractivity contribution in [3.63, 3.8) is 0 Å². The molecule has 0 bridgehead atoms. The highest BCUT2D eigenvalue weighted by molar-refractivity contribution is 5.72. The van der Waals surface area contributed by atoms with Crippen molar-refractivity contribution in [3.05, 3.63) is 0 Å². The fraction of sp³-hybridized carbons (Fsp3) is 0.882. The van der Waals surface area contributed by atoms with E-state index in [0.717, 1.165) is 38.0 Å². The lowest BCUT2D eigenvalue weighted by Crippen LogP contribution is -2.38. The number of nitrogens with zero attached hydrogens (tertiary/aromatic N) is 1. The molecule has 2 saturated carbocycles. The lowest BCUT2D eigenvalue weighted by molar-refractivity contribution is -0.161. The standard InChI is InChI=1S/C17H28FNO2/c1-3-4-12-5-7-13(8-6-12)17(20)21-16-10-9-14(19-2)11-15(16)18/h12-16H,2-11H2,1H3. The summed E-state index contributed by atoms with van der Waals surface area (Å²) in [6, 6.07) is -0.0144. The Hall–Kier alpha value is -0.930. The van der Waals surface area contributed by atoms with E-state index in [1.165, 1.54) is 12.8 Å². The Morgan fingerprint density at radius 3 is 2.52 bits per heavy atom. The van der Waals surface area contributed by atoms with Crippen molar-refractivity contribution in [1.29, 1.82) is 0 Å². The molecule has 0 N–H and O–H groups in total. The van der Waals surface area contributed by atoms with E-state index in [1.807, 2.05) is 0 Å². The zero-order valence-electron chi connectivity index (χ0n) is 13.1. The summed E-state index contributed by atoms with van der Waals surface area (Å²) in [5.41, 5.74) is 0. The molecule has 0 saturated heterocycles. The zero-order valence-corrected chi connectivity index (χ0v) is 13.1. The normalized spacial score (nSPS) is 37.0. The van der Waals surface area contributed by atoms with Crippen LogP contribution in [0.4, 0.5) is 4.39 Å². The van der Waals surface area contributed by atoms with Crippen LogP contribution in [0.3, 0.4) is 0 Å². The molecule has 0 aromatic carbocycles. The third-order valence-electron chi connectivity index (χ3n) is 5.09. The predicted molar refractivity (Wildman–Crippen MR) is 82.3 cm³/mol. The number of carbonyl (C=O) groups excluding carboxylic acids is 1. The molecule has 4 heteroatoms. The smallest absolute Gasteiger partial charge is 0.309 e. The fourth-order valence-corrected chi connectivity index (χ4v) is 3.71. The number of carbonyl (C=O) groups is 1. The number of esters is 1. The second-order valence-electron chi connectivity index (χ2n) is 6.65. The van der Waals surface area contributed by atoms with Gasteiger partial charge in [0.2, 0.25) is 0 Å². The average molecular weight is 297 g/mol. The Kier molecular flexibility index (Phi) is 6.19. The van der Waals surface area contributed by atoms with Gasteiger partial charge in [-0.3, -0.25) is 9.79 Å². The number of halogens is 1. The van der Waals surface area contributed by atoms with E-state index in [1.54, 1.807) is 0 Å². The zero-order chi connectivity index (χ0) is 15.2. The quantitative estimate of drug-likeness (QED) is 0.566. The van der Waals surface area contributed by atoms with Crippen LogP contribution in [0.5, 0.6) is 0 Å². The third-order valence-corrected chi connectivity index (χ3v) is 5.09. The van der Waals surface area contributed by atoms with Crippen molar-refractivity contribution in [1.82, 2.24) is 0 Å². The molecule has 2 aliphatic carbocycles. The monoisotopic (exact) mass is 297 g/mol. The summed E-state index contributed by atoms with van der Waals surface area (Å²) < 4.78 is 19.5.